The van der Waals surface area contributed by atoms with Crippen molar-refractivity contribution in [1.82, 2.24) is 0 Å². The quantitative estimate of drug-likeness (QED) is 0.402. The van der Waals surface area contributed by atoms with E-state index < -0.39 is 0 Å². The normalized spacial score (nSPS) is 7.00. The van der Waals surface area contributed by atoms with Gasteiger partial charge in [-0.25, -0.2) is 0 Å². The smallest absolute Gasteiger partial charge is 0 e. The second-order valence-electron chi connectivity index (χ2n) is 1.20. The Balaban J connectivity index is 0. The van der Waals surface area contributed by atoms with Crippen molar-refractivity contribution in [3.63, 3.8) is 0 Å². The average molecular weight is 137 g/mol. The van der Waals surface area contributed by atoms with Gasteiger partial charge in [-0.05, 0) is 0 Å². The first kappa shape index (κ1) is 9.80. The van der Waals surface area contributed by atoms with Crippen molar-refractivity contribution >= 4 is 0 Å². The third kappa shape index (κ3) is 8.82. The molecule has 0 heterocycles. The van der Waals surface area contributed by atoms with Gasteiger partial charge in [0.05, 0.1) is 0 Å². The molecule has 1 heteroatoms. The number of rotatable bonds is 2. The molecule has 0 aliphatic carbocycles. The van der Waals surface area contributed by atoms with Gasteiger partial charge in [0, 0.05) is 19.5 Å². The second-order valence-corrected chi connectivity index (χ2v) is 1.20. The van der Waals surface area contributed by atoms with Crippen LogP contribution in [0, 0.1) is 6.42 Å². The maximum Gasteiger partial charge on any atom is 0 e. The Labute approximate surface area is 53.1 Å². The standard InChI is InChI=1S/C5H11.Zn/c1-3-5-4-2;/h3H,4-5H2,1-2H3;/q-1;. The summed E-state index contributed by atoms with van der Waals surface area (Å²) in [5.74, 6) is 0. The molecule has 34 valence electrons. The van der Waals surface area contributed by atoms with Crippen molar-refractivity contribution in [1.29, 1.82) is 0 Å². The molecular formula is C5H11Zn-. The number of hydrogen-bond donors (Lipinski definition) is 0. The Hall–Kier alpha value is 0.623. The van der Waals surface area contributed by atoms with E-state index >= 15 is 0 Å². The predicted molar refractivity (Wildman–Crippen MR) is 24.9 cm³/mol. The summed E-state index contributed by atoms with van der Waals surface area (Å²) < 4.78 is 0. The molecule has 0 fully saturated rings. The number of unbranched alkanes of at least 4 members (excludes halogenated alkanes) is 2. The summed E-state index contributed by atoms with van der Waals surface area (Å²) in [6.07, 6.45) is 4.73. The molecule has 0 aromatic heterocycles. The summed E-state index contributed by atoms with van der Waals surface area (Å²) in [6, 6.07) is 0. The largest absolute Gasteiger partial charge is 0.332 e. The van der Waals surface area contributed by atoms with Crippen molar-refractivity contribution in [2.45, 2.75) is 26.7 Å². The van der Waals surface area contributed by atoms with E-state index in [2.05, 4.69) is 20.3 Å². The van der Waals surface area contributed by atoms with Gasteiger partial charge in [-0.15, -0.1) is 0 Å². The first-order valence-electron chi connectivity index (χ1n) is 2.19. The van der Waals surface area contributed by atoms with Crippen LogP contribution in [0.15, 0.2) is 0 Å². The summed E-state index contributed by atoms with van der Waals surface area (Å²) in [4.78, 5) is 0. The fraction of sp³-hybridized carbons (Fsp3) is 0.800. The molecule has 0 aliphatic rings. The molecule has 0 N–H and O–H groups in total. The van der Waals surface area contributed by atoms with Gasteiger partial charge in [0.2, 0.25) is 0 Å². The van der Waals surface area contributed by atoms with E-state index in [4.69, 9.17) is 0 Å². The first-order valence-corrected chi connectivity index (χ1v) is 2.19. The van der Waals surface area contributed by atoms with Crippen LogP contribution < -0.4 is 0 Å². The minimum atomic E-state index is 0. The average Bonchev–Trinajstić information content (AvgIpc) is 1.41. The van der Waals surface area contributed by atoms with Crippen molar-refractivity contribution in [2.75, 3.05) is 0 Å². The van der Waals surface area contributed by atoms with Crippen LogP contribution in [-0.4, -0.2) is 0 Å². The van der Waals surface area contributed by atoms with Crippen LogP contribution in [-0.2, 0) is 19.5 Å². The monoisotopic (exact) mass is 135 g/mol. The molecule has 0 saturated heterocycles. The summed E-state index contributed by atoms with van der Waals surface area (Å²) in [6.45, 7) is 4.27. The van der Waals surface area contributed by atoms with Crippen LogP contribution >= 0.6 is 0 Å². The van der Waals surface area contributed by atoms with Crippen molar-refractivity contribution in [3.05, 3.63) is 6.42 Å². The van der Waals surface area contributed by atoms with E-state index in [1.165, 1.54) is 12.8 Å². The van der Waals surface area contributed by atoms with Crippen LogP contribution in [0.5, 0.6) is 0 Å². The van der Waals surface area contributed by atoms with Crippen molar-refractivity contribution in [3.8, 4) is 0 Å². The zero-order chi connectivity index (χ0) is 4.12. The Morgan fingerprint density at radius 1 is 1.50 bits per heavy atom. The van der Waals surface area contributed by atoms with Gasteiger partial charge in [0.1, 0.15) is 0 Å². The van der Waals surface area contributed by atoms with E-state index in [0.29, 0.717) is 0 Å². The van der Waals surface area contributed by atoms with Crippen LogP contribution in [0.25, 0.3) is 0 Å². The molecule has 0 aromatic rings. The molecule has 0 aliphatic heterocycles. The van der Waals surface area contributed by atoms with Gasteiger partial charge in [-0.2, -0.15) is 13.3 Å². The molecule has 0 aromatic carbocycles. The van der Waals surface area contributed by atoms with Crippen LogP contribution in [0.2, 0.25) is 0 Å². The summed E-state index contributed by atoms with van der Waals surface area (Å²) in [5, 5.41) is 0. The molecule has 0 nitrogen and oxygen atoms in total. The van der Waals surface area contributed by atoms with E-state index in [0.717, 1.165) is 0 Å². The van der Waals surface area contributed by atoms with Crippen molar-refractivity contribution in [2.24, 2.45) is 0 Å². The molecule has 6 heavy (non-hydrogen) atoms. The van der Waals surface area contributed by atoms with Crippen LogP contribution in [0.1, 0.15) is 26.7 Å². The van der Waals surface area contributed by atoms with Gasteiger partial charge in [0.15, 0.2) is 0 Å². The third-order valence-corrected chi connectivity index (χ3v) is 0.577. The van der Waals surface area contributed by atoms with Crippen LogP contribution in [0.4, 0.5) is 0 Å². The number of hydrogen-bond acceptors (Lipinski definition) is 0. The van der Waals surface area contributed by atoms with Gasteiger partial charge in [0.25, 0.3) is 0 Å². The predicted octanol–water partition coefficient (Wildman–Crippen LogP) is 2.01. The van der Waals surface area contributed by atoms with E-state index in [1.807, 2.05) is 0 Å². The van der Waals surface area contributed by atoms with E-state index in [9.17, 15) is 0 Å². The van der Waals surface area contributed by atoms with Gasteiger partial charge in [-0.3, -0.25) is 0 Å². The molecule has 0 amide bonds. The molecule has 0 saturated carbocycles. The Bertz CT molecular complexity index is 11.4. The zero-order valence-electron chi connectivity index (χ0n) is 4.70. The third-order valence-electron chi connectivity index (χ3n) is 0.577. The topological polar surface area (TPSA) is 0 Å². The fourth-order valence-electron chi connectivity index (χ4n) is 0.289. The SMILES string of the molecule is C[CH-]CCC.[Zn]. The molecule has 0 atom stereocenters. The minimum Gasteiger partial charge on any atom is -0.332 e. The summed E-state index contributed by atoms with van der Waals surface area (Å²) in [5.41, 5.74) is 0. The van der Waals surface area contributed by atoms with Crippen LogP contribution in [0.3, 0.4) is 0 Å². The Morgan fingerprint density at radius 3 is 2.00 bits per heavy atom. The second kappa shape index (κ2) is 9.16. The Kier molecular flexibility index (Phi) is 15.0. The maximum atomic E-state index is 2.18. The zero-order valence-corrected chi connectivity index (χ0v) is 7.67. The van der Waals surface area contributed by atoms with Gasteiger partial charge < -0.3 is 6.42 Å². The molecule has 0 unspecified atom stereocenters. The van der Waals surface area contributed by atoms with Crippen molar-refractivity contribution < 1.29 is 19.5 Å². The van der Waals surface area contributed by atoms with Gasteiger partial charge in [-0.1, -0.05) is 13.3 Å². The molecule has 0 bridgehead atoms. The summed E-state index contributed by atoms with van der Waals surface area (Å²) >= 11 is 0. The first-order chi connectivity index (χ1) is 2.41. The fourth-order valence-corrected chi connectivity index (χ4v) is 0.289. The van der Waals surface area contributed by atoms with E-state index in [-0.39, 0.29) is 19.5 Å². The molecular weight excluding hydrogens is 125 g/mol. The molecule has 0 radical (unpaired) electrons. The molecule has 0 rings (SSSR count). The minimum absolute atomic E-state index is 0. The maximum absolute atomic E-state index is 2.18. The molecule has 0 spiro atoms. The van der Waals surface area contributed by atoms with E-state index in [1.54, 1.807) is 0 Å². The summed E-state index contributed by atoms with van der Waals surface area (Å²) in [7, 11) is 0. The Morgan fingerprint density at radius 2 is 2.00 bits per heavy atom. The van der Waals surface area contributed by atoms with Gasteiger partial charge >= 0.3 is 0 Å².